The lowest BCUT2D eigenvalue weighted by atomic mass is 10.1. The number of sulfone groups is 1. The van der Waals surface area contributed by atoms with Crippen LogP contribution < -0.4 is 19.9 Å². The van der Waals surface area contributed by atoms with Crippen LogP contribution in [-0.4, -0.2) is 60.9 Å². The Bertz CT molecular complexity index is 1730. The molecule has 0 radical (unpaired) electrons. The molecule has 0 aliphatic carbocycles. The zero-order valence-electron chi connectivity index (χ0n) is 22.3. The van der Waals surface area contributed by atoms with Gasteiger partial charge in [-0.25, -0.2) is 18.4 Å². The van der Waals surface area contributed by atoms with Gasteiger partial charge in [-0.1, -0.05) is 18.2 Å². The second-order valence-corrected chi connectivity index (χ2v) is 10.8. The number of aromatic nitrogens is 4. The highest BCUT2D eigenvalue weighted by atomic mass is 32.2. The fourth-order valence-corrected chi connectivity index (χ4v) is 5.03. The molecule has 3 aromatic heterocycles. The van der Waals surface area contributed by atoms with Gasteiger partial charge in [0.25, 0.3) is 5.88 Å². The topological polar surface area (TPSA) is 176 Å². The predicted octanol–water partition coefficient (Wildman–Crippen LogP) is 3.52. The molecule has 0 amide bonds. The largest absolute Gasteiger partial charge is 0.493 e. The molecule has 1 aliphatic rings. The molecule has 4 heterocycles. The highest BCUT2D eigenvalue weighted by molar-refractivity contribution is 7.90. The number of nitrogens with zero attached hydrogens (tertiary/aromatic N) is 7. The van der Waals surface area contributed by atoms with Crippen LogP contribution in [-0.2, 0) is 15.6 Å². The van der Waals surface area contributed by atoms with Crippen molar-refractivity contribution in [3.8, 4) is 34.5 Å². The lowest BCUT2D eigenvalue weighted by Crippen LogP contribution is -2.15. The van der Waals surface area contributed by atoms with Crippen molar-refractivity contribution in [3.05, 3.63) is 77.9 Å². The summed E-state index contributed by atoms with van der Waals surface area (Å²) in [6.45, 7) is 2.38. The van der Waals surface area contributed by atoms with Crippen molar-refractivity contribution in [1.29, 1.82) is 0 Å². The van der Waals surface area contributed by atoms with E-state index in [1.54, 1.807) is 48.7 Å². The summed E-state index contributed by atoms with van der Waals surface area (Å²) in [5.41, 5.74) is 8.25. The minimum atomic E-state index is -3.97. The van der Waals surface area contributed by atoms with Crippen LogP contribution in [0.1, 0.15) is 17.0 Å². The van der Waals surface area contributed by atoms with E-state index in [1.165, 1.54) is 19.4 Å². The van der Waals surface area contributed by atoms with Gasteiger partial charge in [-0.15, -0.1) is 5.10 Å². The van der Waals surface area contributed by atoms with Gasteiger partial charge in [0, 0.05) is 24.5 Å². The molecule has 1 aromatic carbocycles. The highest BCUT2D eigenvalue weighted by Gasteiger charge is 2.27. The summed E-state index contributed by atoms with van der Waals surface area (Å²) in [5.74, 6) is 0.382. The molecule has 5 rings (SSSR count). The first-order valence-electron chi connectivity index (χ1n) is 12.5. The van der Waals surface area contributed by atoms with E-state index in [4.69, 9.17) is 19.9 Å². The van der Waals surface area contributed by atoms with Gasteiger partial charge < -0.3 is 19.9 Å². The first-order valence-corrected chi connectivity index (χ1v) is 14.1. The van der Waals surface area contributed by atoms with Crippen molar-refractivity contribution in [1.82, 2.24) is 19.9 Å². The summed E-state index contributed by atoms with van der Waals surface area (Å²) < 4.78 is 44.6. The molecule has 0 atom stereocenters. The van der Waals surface area contributed by atoms with Crippen LogP contribution in [0.25, 0.3) is 11.4 Å². The maximum absolute atomic E-state index is 13.5. The number of nitrogens with two attached hydrogens (primary N) is 1. The molecule has 0 fully saturated rings. The van der Waals surface area contributed by atoms with Gasteiger partial charge in [-0.05, 0) is 48.0 Å². The highest BCUT2D eigenvalue weighted by Crippen LogP contribution is 2.39. The number of ether oxygens (including phenoxy) is 3. The van der Waals surface area contributed by atoms with Crippen LogP contribution in [0.2, 0.25) is 0 Å². The molecule has 0 bridgehead atoms. The van der Waals surface area contributed by atoms with Gasteiger partial charge >= 0.3 is 0 Å². The Morgan fingerprint density at radius 3 is 2.56 bits per heavy atom. The lowest BCUT2D eigenvalue weighted by Gasteiger charge is -2.17. The van der Waals surface area contributed by atoms with Crippen molar-refractivity contribution >= 4 is 15.5 Å². The molecule has 0 spiro atoms. The third-order valence-electron chi connectivity index (χ3n) is 5.83. The molecule has 0 saturated carbocycles. The molecular formula is C27H26N8O5S. The van der Waals surface area contributed by atoms with Crippen molar-refractivity contribution in [2.24, 2.45) is 21.2 Å². The number of aryl methyl sites for hydroxylation is 1. The minimum Gasteiger partial charge on any atom is -0.493 e. The molecule has 0 unspecified atom stereocenters. The number of para-hydroxylation sites is 2. The predicted molar refractivity (Wildman–Crippen MR) is 149 cm³/mol. The van der Waals surface area contributed by atoms with Crippen molar-refractivity contribution in [2.75, 3.05) is 26.8 Å². The first-order chi connectivity index (χ1) is 19.9. The molecular weight excluding hydrogens is 548 g/mol. The average molecular weight is 575 g/mol. The van der Waals surface area contributed by atoms with Gasteiger partial charge in [-0.3, -0.25) is 4.98 Å². The van der Waals surface area contributed by atoms with Gasteiger partial charge in [0.05, 0.1) is 12.8 Å². The SMILES string of the molecule is COc1ccccc1Oc1c(CS(=O)(=O)c2ccc(C)cn2)nc(-c2ccnc(C3=NN=NC3)c2)nc1OCCN. The monoisotopic (exact) mass is 574 g/mol. The van der Waals surface area contributed by atoms with Crippen LogP contribution in [0.15, 0.2) is 81.4 Å². The Kier molecular flexibility index (Phi) is 8.21. The van der Waals surface area contributed by atoms with E-state index in [1.807, 2.05) is 6.92 Å². The first kappa shape index (κ1) is 27.7. The van der Waals surface area contributed by atoms with E-state index >= 15 is 0 Å². The molecule has 0 saturated heterocycles. The van der Waals surface area contributed by atoms with Crippen molar-refractivity contribution < 1.29 is 22.6 Å². The zero-order chi connectivity index (χ0) is 28.8. The average Bonchev–Trinajstić information content (AvgIpc) is 3.53. The molecule has 1 aliphatic heterocycles. The number of rotatable bonds is 11. The molecule has 210 valence electrons. The summed E-state index contributed by atoms with van der Waals surface area (Å²) in [5, 5.41) is 11.4. The molecule has 4 aromatic rings. The maximum Gasteiger partial charge on any atom is 0.261 e. The van der Waals surface area contributed by atoms with E-state index < -0.39 is 15.6 Å². The van der Waals surface area contributed by atoms with Gasteiger partial charge in [0.15, 0.2) is 22.3 Å². The second kappa shape index (κ2) is 12.1. The van der Waals surface area contributed by atoms with Crippen molar-refractivity contribution in [2.45, 2.75) is 17.7 Å². The number of methoxy groups -OCH3 is 1. The van der Waals surface area contributed by atoms with E-state index in [0.717, 1.165) is 5.56 Å². The number of hydrogen-bond acceptors (Lipinski definition) is 13. The minimum absolute atomic E-state index is 0.00874. The normalized spacial score (nSPS) is 12.7. The number of pyridine rings is 2. The smallest absolute Gasteiger partial charge is 0.261 e. The molecule has 2 N–H and O–H groups in total. The Hall–Kier alpha value is -4.82. The van der Waals surface area contributed by atoms with E-state index in [2.05, 4.69) is 35.4 Å². The Morgan fingerprint density at radius 2 is 1.85 bits per heavy atom. The quantitative estimate of drug-likeness (QED) is 0.279. The van der Waals surface area contributed by atoms with Crippen LogP contribution in [0, 0.1) is 6.92 Å². The third kappa shape index (κ3) is 6.34. The Morgan fingerprint density at radius 1 is 1.02 bits per heavy atom. The van der Waals surface area contributed by atoms with Gasteiger partial charge in [0.2, 0.25) is 15.6 Å². The zero-order valence-corrected chi connectivity index (χ0v) is 23.1. The molecule has 41 heavy (non-hydrogen) atoms. The van der Waals surface area contributed by atoms with Crippen LogP contribution >= 0.6 is 0 Å². The third-order valence-corrected chi connectivity index (χ3v) is 7.37. The fraction of sp³-hybridized carbons (Fsp3) is 0.222. The molecule has 14 heteroatoms. The number of benzene rings is 1. The summed E-state index contributed by atoms with van der Waals surface area (Å²) in [6, 6.07) is 13.5. The van der Waals surface area contributed by atoms with Crippen molar-refractivity contribution in [3.63, 3.8) is 0 Å². The van der Waals surface area contributed by atoms with Crippen LogP contribution in [0.3, 0.4) is 0 Å². The second-order valence-electron chi connectivity index (χ2n) is 8.82. The van der Waals surface area contributed by atoms with E-state index in [9.17, 15) is 8.42 Å². The lowest BCUT2D eigenvalue weighted by molar-refractivity contribution is 0.294. The number of hydrogen-bond donors (Lipinski definition) is 1. The standard InChI is InChI=1S/C27H26N8O5S/c1-17-7-8-24(30-14-17)41(36,37)16-21-25(40-23-6-4-3-5-22(23)38-2)27(39-12-10-28)33-26(32-21)18-9-11-29-19(13-18)20-15-31-35-34-20/h3-9,11,13-14H,10,12,15-16,28H2,1-2H3. The Labute approximate surface area is 236 Å². The van der Waals surface area contributed by atoms with Gasteiger partial charge in [-0.2, -0.15) is 10.1 Å². The van der Waals surface area contributed by atoms with Gasteiger partial charge in [0.1, 0.15) is 30.3 Å². The molecule has 13 nitrogen and oxygen atoms in total. The van der Waals surface area contributed by atoms with Crippen LogP contribution in [0.4, 0.5) is 0 Å². The summed E-state index contributed by atoms with van der Waals surface area (Å²) in [6.07, 6.45) is 3.06. The maximum atomic E-state index is 13.5. The van der Waals surface area contributed by atoms with E-state index in [-0.39, 0.29) is 41.3 Å². The Balaban J connectivity index is 1.66. The summed E-state index contributed by atoms with van der Waals surface area (Å²) in [4.78, 5) is 17.7. The summed E-state index contributed by atoms with van der Waals surface area (Å²) >= 11 is 0. The fourth-order valence-electron chi connectivity index (χ4n) is 3.84. The summed E-state index contributed by atoms with van der Waals surface area (Å²) in [7, 11) is -2.47. The van der Waals surface area contributed by atoms with E-state index in [0.29, 0.717) is 35.0 Å². The van der Waals surface area contributed by atoms with Crippen LogP contribution in [0.5, 0.6) is 23.1 Å².